The quantitative estimate of drug-likeness (QED) is 0.690. The van der Waals surface area contributed by atoms with Gasteiger partial charge in [0.1, 0.15) is 5.82 Å². The van der Waals surface area contributed by atoms with Crippen molar-refractivity contribution in [1.82, 2.24) is 15.2 Å². The van der Waals surface area contributed by atoms with Crippen LogP contribution in [0.3, 0.4) is 0 Å². The molecule has 0 spiro atoms. The Kier molecular flexibility index (Phi) is 2.99. The molecule has 2 bridgehead atoms. The highest BCUT2D eigenvalue weighted by atomic mass is 16.5. The minimum absolute atomic E-state index is 0.323. The predicted molar refractivity (Wildman–Crippen MR) is 93.7 cm³/mol. The van der Waals surface area contributed by atoms with Crippen LogP contribution in [0.1, 0.15) is 19.3 Å². The van der Waals surface area contributed by atoms with Crippen LogP contribution in [0.5, 0.6) is 0 Å². The van der Waals surface area contributed by atoms with Crippen LogP contribution < -0.4 is 11.1 Å². The topological polar surface area (TPSA) is 88.9 Å². The third-order valence-corrected chi connectivity index (χ3v) is 5.09. The van der Waals surface area contributed by atoms with Crippen molar-refractivity contribution in [2.75, 3.05) is 11.1 Å². The average molecular weight is 321 g/mol. The number of hydrogen-bond acceptors (Lipinski definition) is 5. The monoisotopic (exact) mass is 321 g/mol. The number of nitrogens with two attached hydrogens (primary N) is 1. The van der Waals surface area contributed by atoms with Gasteiger partial charge in [0.05, 0.1) is 29.5 Å². The summed E-state index contributed by atoms with van der Waals surface area (Å²) in [5.74, 6) is 0.524. The van der Waals surface area contributed by atoms with E-state index in [-0.39, 0.29) is 0 Å². The Hall–Kier alpha value is -2.60. The zero-order valence-electron chi connectivity index (χ0n) is 13.2. The van der Waals surface area contributed by atoms with Crippen LogP contribution in [0, 0.1) is 0 Å². The molecule has 4 heterocycles. The number of nitrogen functional groups attached to an aromatic ring is 1. The lowest BCUT2D eigenvalue weighted by atomic mass is 9.95. The summed E-state index contributed by atoms with van der Waals surface area (Å²) in [6.45, 7) is 0. The van der Waals surface area contributed by atoms with Gasteiger partial charge in [-0.3, -0.25) is 5.10 Å². The summed E-state index contributed by atoms with van der Waals surface area (Å²) in [5, 5.41) is 11.7. The van der Waals surface area contributed by atoms with Crippen molar-refractivity contribution in [2.24, 2.45) is 0 Å². The highest BCUT2D eigenvalue weighted by molar-refractivity contribution is 5.95. The number of ether oxygens (including phenoxy) is 1. The summed E-state index contributed by atoms with van der Waals surface area (Å²) in [5.41, 5.74) is 9.98. The Morgan fingerprint density at radius 1 is 1.21 bits per heavy atom. The largest absolute Gasteiger partial charge is 0.384 e. The third-order valence-electron chi connectivity index (χ3n) is 5.09. The number of aromatic nitrogens is 3. The first-order valence-corrected chi connectivity index (χ1v) is 8.38. The molecule has 2 aromatic heterocycles. The number of hydrogen-bond donors (Lipinski definition) is 3. The molecular weight excluding hydrogens is 302 g/mol. The van der Waals surface area contributed by atoms with Gasteiger partial charge >= 0.3 is 0 Å². The highest BCUT2D eigenvalue weighted by Gasteiger charge is 2.40. The van der Waals surface area contributed by atoms with Crippen molar-refractivity contribution >= 4 is 22.4 Å². The number of H-pyrrole nitrogens is 1. The Morgan fingerprint density at radius 2 is 2.17 bits per heavy atom. The van der Waals surface area contributed by atoms with Crippen LogP contribution in [0.2, 0.25) is 0 Å². The third kappa shape index (κ3) is 2.22. The van der Waals surface area contributed by atoms with E-state index in [1.807, 2.05) is 18.2 Å². The van der Waals surface area contributed by atoms with Gasteiger partial charge in [-0.1, -0.05) is 12.1 Å². The molecule has 3 atom stereocenters. The summed E-state index contributed by atoms with van der Waals surface area (Å²) < 4.78 is 5.95. The standard InChI is InChI=1S/C18H19N5O/c19-18-9-15(21-16-8-11-2-4-17(16)24-11)12-3-1-10(7-14(12)22-18)13-5-6-20-23-13/h1,3,5-7,9,11,16-17H,2,4,8H2,(H,20,23)(H3,19,21,22)/t11-,16-,17+/m0/s1. The van der Waals surface area contributed by atoms with Crippen LogP contribution in [0.4, 0.5) is 11.5 Å². The van der Waals surface area contributed by atoms with Gasteiger partial charge in [0.25, 0.3) is 0 Å². The minimum atomic E-state index is 0.323. The Morgan fingerprint density at radius 3 is 2.92 bits per heavy atom. The maximum atomic E-state index is 6.04. The van der Waals surface area contributed by atoms with Gasteiger partial charge < -0.3 is 15.8 Å². The fourth-order valence-electron chi connectivity index (χ4n) is 3.94. The molecule has 2 aliphatic heterocycles. The molecule has 6 nitrogen and oxygen atoms in total. The summed E-state index contributed by atoms with van der Waals surface area (Å²) in [4.78, 5) is 4.50. The van der Waals surface area contributed by atoms with Gasteiger partial charge in [-0.15, -0.1) is 0 Å². The molecule has 2 fully saturated rings. The van der Waals surface area contributed by atoms with Crippen molar-refractivity contribution in [1.29, 1.82) is 0 Å². The number of pyridine rings is 1. The SMILES string of the molecule is Nc1cc(N[C@H]2C[C@@H]3CC[C@H]2O3)c2ccc(-c3ccn[nH]3)cc2n1. The number of nitrogens with zero attached hydrogens (tertiary/aromatic N) is 2. The number of rotatable bonds is 3. The highest BCUT2D eigenvalue weighted by Crippen LogP contribution is 2.37. The van der Waals surface area contributed by atoms with E-state index in [0.29, 0.717) is 24.1 Å². The number of nitrogens with one attached hydrogen (secondary N) is 2. The molecule has 2 aliphatic rings. The molecule has 4 N–H and O–H groups in total. The summed E-state index contributed by atoms with van der Waals surface area (Å²) in [6.07, 6.45) is 5.89. The first kappa shape index (κ1) is 13.8. The summed E-state index contributed by atoms with van der Waals surface area (Å²) in [6, 6.07) is 10.4. The zero-order chi connectivity index (χ0) is 16.1. The molecule has 5 rings (SSSR count). The molecule has 1 aromatic carbocycles. The van der Waals surface area contributed by atoms with Crippen molar-refractivity contribution in [3.05, 3.63) is 36.5 Å². The van der Waals surface area contributed by atoms with Crippen molar-refractivity contribution in [2.45, 2.75) is 37.5 Å². The van der Waals surface area contributed by atoms with Gasteiger partial charge in [0, 0.05) is 28.9 Å². The zero-order valence-corrected chi connectivity index (χ0v) is 13.2. The van der Waals surface area contributed by atoms with Gasteiger partial charge in [0.15, 0.2) is 0 Å². The molecular formula is C18H19N5O. The molecule has 122 valence electrons. The number of fused-ring (bicyclic) bond motifs is 3. The normalized spacial score (nSPS) is 25.4. The second kappa shape index (κ2) is 5.21. The lowest BCUT2D eigenvalue weighted by molar-refractivity contribution is 0.102. The lowest BCUT2D eigenvalue weighted by Crippen LogP contribution is -2.30. The number of benzene rings is 1. The van der Waals surface area contributed by atoms with Crippen LogP contribution in [-0.4, -0.2) is 33.4 Å². The Balaban J connectivity index is 1.53. The van der Waals surface area contributed by atoms with E-state index in [2.05, 4.69) is 32.6 Å². The fraction of sp³-hybridized carbons (Fsp3) is 0.333. The molecule has 0 radical (unpaired) electrons. The average Bonchev–Trinajstić information content (AvgIpc) is 3.32. The second-order valence-corrected chi connectivity index (χ2v) is 6.66. The Labute approximate surface area is 139 Å². The number of anilines is 2. The van der Waals surface area contributed by atoms with Gasteiger partial charge in [0.2, 0.25) is 0 Å². The van der Waals surface area contributed by atoms with Crippen LogP contribution in [-0.2, 0) is 4.74 Å². The van der Waals surface area contributed by atoms with E-state index in [9.17, 15) is 0 Å². The van der Waals surface area contributed by atoms with E-state index in [4.69, 9.17) is 10.5 Å². The fourth-order valence-corrected chi connectivity index (χ4v) is 3.94. The van der Waals surface area contributed by atoms with Crippen LogP contribution in [0.25, 0.3) is 22.2 Å². The molecule has 0 aliphatic carbocycles. The molecule has 2 saturated heterocycles. The van der Waals surface area contributed by atoms with E-state index in [1.54, 1.807) is 6.20 Å². The van der Waals surface area contributed by atoms with E-state index < -0.39 is 0 Å². The van der Waals surface area contributed by atoms with Gasteiger partial charge in [-0.2, -0.15) is 5.10 Å². The van der Waals surface area contributed by atoms with Gasteiger partial charge in [-0.25, -0.2) is 4.98 Å². The molecule has 0 unspecified atom stereocenters. The maximum Gasteiger partial charge on any atom is 0.126 e. The summed E-state index contributed by atoms with van der Waals surface area (Å²) in [7, 11) is 0. The number of aromatic amines is 1. The van der Waals surface area contributed by atoms with Crippen LogP contribution >= 0.6 is 0 Å². The predicted octanol–water partition coefficient (Wildman–Crippen LogP) is 2.94. The molecule has 24 heavy (non-hydrogen) atoms. The summed E-state index contributed by atoms with van der Waals surface area (Å²) >= 11 is 0. The molecule has 0 saturated carbocycles. The molecule has 0 amide bonds. The van der Waals surface area contributed by atoms with Crippen LogP contribution in [0.15, 0.2) is 36.5 Å². The van der Waals surface area contributed by atoms with E-state index in [0.717, 1.165) is 40.7 Å². The molecule has 3 aromatic rings. The minimum Gasteiger partial charge on any atom is -0.384 e. The smallest absolute Gasteiger partial charge is 0.126 e. The Bertz CT molecular complexity index is 892. The van der Waals surface area contributed by atoms with Crippen molar-refractivity contribution in [3.63, 3.8) is 0 Å². The second-order valence-electron chi connectivity index (χ2n) is 6.66. The first-order chi connectivity index (χ1) is 11.8. The molecule has 6 heteroatoms. The van der Waals surface area contributed by atoms with Gasteiger partial charge in [-0.05, 0) is 31.4 Å². The van der Waals surface area contributed by atoms with Crippen molar-refractivity contribution in [3.8, 4) is 11.3 Å². The first-order valence-electron chi connectivity index (χ1n) is 8.38. The lowest BCUT2D eigenvalue weighted by Gasteiger charge is -2.22. The van der Waals surface area contributed by atoms with E-state index in [1.165, 1.54) is 6.42 Å². The van der Waals surface area contributed by atoms with E-state index >= 15 is 0 Å². The maximum absolute atomic E-state index is 6.04. The van der Waals surface area contributed by atoms with Crippen molar-refractivity contribution < 1.29 is 4.74 Å².